The highest BCUT2D eigenvalue weighted by molar-refractivity contribution is 8.14. The van der Waals surface area contributed by atoms with E-state index in [1.807, 2.05) is 0 Å². The lowest BCUT2D eigenvalue weighted by molar-refractivity contribution is -0.126. The number of hydrogen-bond donors (Lipinski definition) is 2. The minimum absolute atomic E-state index is 0. The fourth-order valence-corrected chi connectivity index (χ4v) is 3.29. The molecular formula is C12H20ClN3O3S. The van der Waals surface area contributed by atoms with Crippen LogP contribution in [0, 0.1) is 5.92 Å². The SMILES string of the molecule is Cl.N[C@@H]1CCC[C@H]1CC(=O)NCCN1C(=O)CSC1=O. The molecule has 3 N–H and O–H groups in total. The Kier molecular flexibility index (Phi) is 6.78. The van der Waals surface area contributed by atoms with E-state index < -0.39 is 0 Å². The molecule has 0 aromatic carbocycles. The number of nitrogens with zero attached hydrogens (tertiary/aromatic N) is 1. The maximum absolute atomic E-state index is 11.7. The van der Waals surface area contributed by atoms with Gasteiger partial charge in [0.1, 0.15) is 0 Å². The molecule has 20 heavy (non-hydrogen) atoms. The number of thioether (sulfide) groups is 1. The first-order valence-electron chi connectivity index (χ1n) is 6.57. The third-order valence-corrected chi connectivity index (χ3v) is 4.52. The molecular weight excluding hydrogens is 302 g/mol. The highest BCUT2D eigenvalue weighted by Crippen LogP contribution is 2.26. The molecule has 8 heteroatoms. The summed E-state index contributed by atoms with van der Waals surface area (Å²) in [5, 5.41) is 2.52. The van der Waals surface area contributed by atoms with Gasteiger partial charge in [0.15, 0.2) is 0 Å². The number of imide groups is 1. The first kappa shape index (κ1) is 17.3. The summed E-state index contributed by atoms with van der Waals surface area (Å²) in [5.41, 5.74) is 5.91. The zero-order chi connectivity index (χ0) is 13.8. The Hall–Kier alpha value is -0.790. The molecule has 0 spiro atoms. The van der Waals surface area contributed by atoms with Crippen molar-refractivity contribution in [2.45, 2.75) is 31.7 Å². The van der Waals surface area contributed by atoms with Crippen molar-refractivity contribution in [1.82, 2.24) is 10.2 Å². The van der Waals surface area contributed by atoms with Crippen molar-refractivity contribution in [3.05, 3.63) is 0 Å². The van der Waals surface area contributed by atoms with Gasteiger partial charge in [-0.25, -0.2) is 0 Å². The molecule has 114 valence electrons. The number of carbonyl (C=O) groups excluding carboxylic acids is 3. The molecule has 0 aromatic rings. The number of nitrogens with one attached hydrogen (secondary N) is 1. The van der Waals surface area contributed by atoms with Crippen LogP contribution >= 0.6 is 24.2 Å². The third-order valence-electron chi connectivity index (χ3n) is 3.66. The van der Waals surface area contributed by atoms with Crippen molar-refractivity contribution in [2.24, 2.45) is 11.7 Å². The monoisotopic (exact) mass is 321 g/mol. The predicted octanol–water partition coefficient (Wildman–Crippen LogP) is 0.737. The molecule has 0 aromatic heterocycles. The molecule has 0 radical (unpaired) electrons. The van der Waals surface area contributed by atoms with E-state index in [1.165, 1.54) is 4.90 Å². The van der Waals surface area contributed by atoms with Gasteiger partial charge in [0.05, 0.1) is 5.75 Å². The number of halogens is 1. The predicted molar refractivity (Wildman–Crippen MR) is 79.8 cm³/mol. The van der Waals surface area contributed by atoms with Gasteiger partial charge in [-0.1, -0.05) is 18.2 Å². The summed E-state index contributed by atoms with van der Waals surface area (Å²) in [6, 6.07) is 0.129. The Bertz CT molecular complexity index is 378. The van der Waals surface area contributed by atoms with Gasteiger partial charge in [-0.05, 0) is 18.8 Å². The molecule has 1 saturated heterocycles. The summed E-state index contributed by atoms with van der Waals surface area (Å²) >= 11 is 1.01. The zero-order valence-electron chi connectivity index (χ0n) is 11.2. The maximum atomic E-state index is 11.7. The van der Waals surface area contributed by atoms with Crippen LogP contribution in [0.1, 0.15) is 25.7 Å². The maximum Gasteiger partial charge on any atom is 0.288 e. The number of nitrogens with two attached hydrogens (primary N) is 1. The first-order chi connectivity index (χ1) is 9.08. The van der Waals surface area contributed by atoms with Crippen LogP contribution in [0.3, 0.4) is 0 Å². The van der Waals surface area contributed by atoms with Gasteiger partial charge in [0.25, 0.3) is 5.24 Å². The second-order valence-electron chi connectivity index (χ2n) is 5.01. The van der Waals surface area contributed by atoms with Gasteiger partial charge in [-0.15, -0.1) is 12.4 Å². The first-order valence-corrected chi connectivity index (χ1v) is 7.56. The van der Waals surface area contributed by atoms with E-state index in [-0.39, 0.29) is 53.7 Å². The van der Waals surface area contributed by atoms with Crippen molar-refractivity contribution in [3.63, 3.8) is 0 Å². The van der Waals surface area contributed by atoms with E-state index in [0.29, 0.717) is 13.0 Å². The number of amides is 3. The normalized spacial score (nSPS) is 25.8. The molecule has 2 rings (SSSR count). The average molecular weight is 322 g/mol. The minimum Gasteiger partial charge on any atom is -0.354 e. The summed E-state index contributed by atoms with van der Waals surface area (Å²) in [5.74, 6) is 0.255. The van der Waals surface area contributed by atoms with E-state index in [1.54, 1.807) is 0 Å². The number of hydrogen-bond acceptors (Lipinski definition) is 5. The molecule has 1 heterocycles. The molecule has 1 aliphatic carbocycles. The Morgan fingerprint density at radius 3 is 2.70 bits per heavy atom. The standard InChI is InChI=1S/C12H19N3O3S.ClH/c13-9-3-1-2-8(9)6-10(16)14-4-5-15-11(17)7-19-12(15)18;/h8-9H,1-7,13H2,(H,14,16);1H/t8-,9+;/m0./s1. The topological polar surface area (TPSA) is 92.5 Å². The second kappa shape index (κ2) is 7.85. The smallest absolute Gasteiger partial charge is 0.288 e. The van der Waals surface area contributed by atoms with Crippen molar-refractivity contribution < 1.29 is 14.4 Å². The van der Waals surface area contributed by atoms with E-state index in [0.717, 1.165) is 31.0 Å². The van der Waals surface area contributed by atoms with E-state index in [9.17, 15) is 14.4 Å². The lowest BCUT2D eigenvalue weighted by Crippen LogP contribution is -2.38. The van der Waals surface area contributed by atoms with Gasteiger partial charge in [0.2, 0.25) is 11.8 Å². The van der Waals surface area contributed by atoms with Crippen LogP contribution in [0.4, 0.5) is 4.79 Å². The average Bonchev–Trinajstić information content (AvgIpc) is 2.90. The fourth-order valence-electron chi connectivity index (χ4n) is 2.53. The highest BCUT2D eigenvalue weighted by atomic mass is 35.5. The van der Waals surface area contributed by atoms with Crippen molar-refractivity contribution in [3.8, 4) is 0 Å². The fraction of sp³-hybridized carbons (Fsp3) is 0.750. The minimum atomic E-state index is -0.225. The summed E-state index contributed by atoms with van der Waals surface area (Å²) in [4.78, 5) is 35.6. The summed E-state index contributed by atoms with van der Waals surface area (Å²) in [7, 11) is 0. The van der Waals surface area contributed by atoms with Crippen LogP contribution in [-0.4, -0.2) is 46.8 Å². The largest absolute Gasteiger partial charge is 0.354 e. The van der Waals surface area contributed by atoms with Crippen LogP contribution < -0.4 is 11.1 Å². The molecule has 0 unspecified atom stereocenters. The second-order valence-corrected chi connectivity index (χ2v) is 5.94. The Morgan fingerprint density at radius 2 is 2.15 bits per heavy atom. The van der Waals surface area contributed by atoms with Gasteiger partial charge >= 0.3 is 0 Å². The van der Waals surface area contributed by atoms with E-state index in [2.05, 4.69) is 5.32 Å². The van der Waals surface area contributed by atoms with E-state index in [4.69, 9.17) is 5.73 Å². The third kappa shape index (κ3) is 4.36. The highest BCUT2D eigenvalue weighted by Gasteiger charge is 2.29. The Morgan fingerprint density at radius 1 is 1.40 bits per heavy atom. The van der Waals surface area contributed by atoms with Crippen molar-refractivity contribution >= 4 is 41.2 Å². The quantitative estimate of drug-likeness (QED) is 0.779. The van der Waals surface area contributed by atoms with Gasteiger partial charge < -0.3 is 11.1 Å². The van der Waals surface area contributed by atoms with Crippen LogP contribution in [-0.2, 0) is 9.59 Å². The molecule has 2 fully saturated rings. The molecule has 3 amide bonds. The Labute approximate surface area is 128 Å². The molecule has 6 nitrogen and oxygen atoms in total. The number of carbonyl (C=O) groups is 3. The molecule has 2 atom stereocenters. The Balaban J connectivity index is 0.00000200. The molecule has 1 aliphatic heterocycles. The van der Waals surface area contributed by atoms with E-state index >= 15 is 0 Å². The summed E-state index contributed by atoms with van der Waals surface area (Å²) in [6.45, 7) is 0.575. The molecule has 0 bridgehead atoms. The van der Waals surface area contributed by atoms with Crippen LogP contribution in [0.2, 0.25) is 0 Å². The van der Waals surface area contributed by atoms with Gasteiger partial charge in [-0.3, -0.25) is 19.3 Å². The molecule has 1 saturated carbocycles. The lowest BCUT2D eigenvalue weighted by atomic mass is 10.00. The lowest BCUT2D eigenvalue weighted by Gasteiger charge is -2.16. The number of rotatable bonds is 5. The van der Waals surface area contributed by atoms with Gasteiger partial charge in [0, 0.05) is 25.6 Å². The van der Waals surface area contributed by atoms with Crippen LogP contribution in [0.25, 0.3) is 0 Å². The van der Waals surface area contributed by atoms with Crippen LogP contribution in [0.5, 0.6) is 0 Å². The molecule has 2 aliphatic rings. The van der Waals surface area contributed by atoms with Crippen molar-refractivity contribution in [2.75, 3.05) is 18.8 Å². The van der Waals surface area contributed by atoms with Crippen molar-refractivity contribution in [1.29, 1.82) is 0 Å². The summed E-state index contributed by atoms with van der Waals surface area (Å²) < 4.78 is 0. The van der Waals surface area contributed by atoms with Crippen LogP contribution in [0.15, 0.2) is 0 Å². The zero-order valence-corrected chi connectivity index (χ0v) is 12.8. The van der Waals surface area contributed by atoms with Gasteiger partial charge in [-0.2, -0.15) is 0 Å². The summed E-state index contributed by atoms with van der Waals surface area (Å²) in [6.07, 6.45) is 3.53.